The van der Waals surface area contributed by atoms with Gasteiger partial charge in [0, 0.05) is 42.5 Å². The van der Waals surface area contributed by atoms with Gasteiger partial charge in [0.05, 0.1) is 0 Å². The summed E-state index contributed by atoms with van der Waals surface area (Å²) in [5.41, 5.74) is 7.37. The van der Waals surface area contributed by atoms with Crippen LogP contribution in [0.15, 0.2) is 79.0 Å². The number of hydrogen-bond acceptors (Lipinski definition) is 1. The molecule has 176 valence electrons. The van der Waals surface area contributed by atoms with Gasteiger partial charge >= 0.3 is 0 Å². The van der Waals surface area contributed by atoms with Crippen LogP contribution in [-0.4, -0.2) is 17.0 Å². The normalized spacial score (nSPS) is 12.3. The van der Waals surface area contributed by atoms with Crippen LogP contribution in [0.4, 0.5) is 0 Å². The van der Waals surface area contributed by atoms with Crippen molar-refractivity contribution in [2.45, 2.75) is 53.0 Å². The third-order valence-electron chi connectivity index (χ3n) is 6.55. The molecule has 0 unspecified atom stereocenters. The fraction of sp³-hybridized carbons (Fsp3) is 0.323. The fourth-order valence-electron chi connectivity index (χ4n) is 4.63. The summed E-state index contributed by atoms with van der Waals surface area (Å²) in [6, 6.07) is 25.9. The van der Waals surface area contributed by atoms with Gasteiger partial charge in [0.1, 0.15) is 0 Å². The van der Waals surface area contributed by atoms with Gasteiger partial charge < -0.3 is 9.88 Å². The third-order valence-corrected chi connectivity index (χ3v) is 6.55. The molecule has 4 rings (SSSR count). The molecule has 0 saturated heterocycles. The summed E-state index contributed by atoms with van der Waals surface area (Å²) >= 11 is 0. The van der Waals surface area contributed by atoms with Crippen LogP contribution in [0.5, 0.6) is 0 Å². The molecule has 3 aromatic carbocycles. The summed E-state index contributed by atoms with van der Waals surface area (Å²) in [6.45, 7) is 10.1. The van der Waals surface area contributed by atoms with Crippen LogP contribution in [0.3, 0.4) is 0 Å². The number of carbonyl (C=O) groups excluding carboxylic acids is 1. The van der Waals surface area contributed by atoms with Gasteiger partial charge in [-0.1, -0.05) is 91.7 Å². The van der Waals surface area contributed by atoms with Crippen LogP contribution in [0.1, 0.15) is 60.4 Å². The highest BCUT2D eigenvalue weighted by Crippen LogP contribution is 2.35. The molecule has 0 saturated carbocycles. The van der Waals surface area contributed by atoms with E-state index in [9.17, 15) is 4.79 Å². The minimum absolute atomic E-state index is 0.00289. The lowest BCUT2D eigenvalue weighted by Gasteiger charge is -2.18. The number of benzene rings is 3. The molecule has 4 aromatic rings. The van der Waals surface area contributed by atoms with E-state index in [1.54, 1.807) is 0 Å². The molecule has 1 N–H and O–H groups in total. The minimum Gasteiger partial charge on any atom is -0.356 e. The van der Waals surface area contributed by atoms with E-state index in [1.165, 1.54) is 38.7 Å². The number of aryl methyl sites for hydroxylation is 2. The van der Waals surface area contributed by atoms with Crippen molar-refractivity contribution in [3.8, 4) is 0 Å². The molecule has 0 radical (unpaired) electrons. The molecule has 3 heteroatoms. The SMILES string of the molecule is Cc1ccc(Cn2cc([C@@H](CC(=O)NCCC(C)C)c3cccc(C)c3)c3ccccc32)cc1. The lowest BCUT2D eigenvalue weighted by Crippen LogP contribution is -2.27. The summed E-state index contributed by atoms with van der Waals surface area (Å²) in [5.74, 6) is 0.693. The maximum absolute atomic E-state index is 13.0. The van der Waals surface area contributed by atoms with Crippen molar-refractivity contribution in [1.82, 2.24) is 9.88 Å². The highest BCUT2D eigenvalue weighted by Gasteiger charge is 2.23. The lowest BCUT2D eigenvalue weighted by molar-refractivity contribution is -0.121. The molecule has 0 aliphatic carbocycles. The van der Waals surface area contributed by atoms with Gasteiger partial charge in [-0.15, -0.1) is 0 Å². The second-order valence-corrected chi connectivity index (χ2v) is 9.92. The molecule has 0 fully saturated rings. The second kappa shape index (κ2) is 10.7. The van der Waals surface area contributed by atoms with Crippen molar-refractivity contribution in [2.75, 3.05) is 6.54 Å². The van der Waals surface area contributed by atoms with Crippen LogP contribution in [0.25, 0.3) is 10.9 Å². The van der Waals surface area contributed by atoms with E-state index in [1.807, 2.05) is 0 Å². The summed E-state index contributed by atoms with van der Waals surface area (Å²) in [6.07, 6.45) is 3.70. The number of amides is 1. The fourth-order valence-corrected chi connectivity index (χ4v) is 4.63. The molecular weight excluding hydrogens is 416 g/mol. The van der Waals surface area contributed by atoms with Crippen LogP contribution >= 0.6 is 0 Å². The Morgan fingerprint density at radius 1 is 0.912 bits per heavy atom. The Hall–Kier alpha value is -3.33. The average molecular weight is 453 g/mol. The van der Waals surface area contributed by atoms with E-state index < -0.39 is 0 Å². The molecular formula is C31H36N2O. The van der Waals surface area contributed by atoms with E-state index in [0.29, 0.717) is 12.3 Å². The van der Waals surface area contributed by atoms with Gasteiger partial charge in [-0.2, -0.15) is 0 Å². The van der Waals surface area contributed by atoms with Crippen LogP contribution in [-0.2, 0) is 11.3 Å². The first kappa shape index (κ1) is 23.8. The van der Waals surface area contributed by atoms with Gasteiger partial charge in [-0.25, -0.2) is 0 Å². The molecule has 1 amide bonds. The van der Waals surface area contributed by atoms with Crippen LogP contribution in [0.2, 0.25) is 0 Å². The van der Waals surface area contributed by atoms with Crippen molar-refractivity contribution in [3.05, 3.63) is 107 Å². The standard InChI is InChI=1S/C31H36N2O/c1-22(2)16-17-32-31(34)19-28(26-9-7-8-24(4)18-26)29-21-33(30-11-6-5-10-27(29)30)20-25-14-12-23(3)13-15-25/h5-15,18,21-22,28H,16-17,19-20H2,1-4H3,(H,32,34)/t28-/m0/s1. The van der Waals surface area contributed by atoms with Gasteiger partial charge in [-0.05, 0) is 48.9 Å². The summed E-state index contributed by atoms with van der Waals surface area (Å²) in [5, 5.41) is 4.37. The Morgan fingerprint density at radius 2 is 1.68 bits per heavy atom. The zero-order valence-corrected chi connectivity index (χ0v) is 20.8. The second-order valence-electron chi connectivity index (χ2n) is 9.92. The van der Waals surface area contributed by atoms with Gasteiger partial charge in [-0.3, -0.25) is 4.79 Å². The zero-order chi connectivity index (χ0) is 24.1. The minimum atomic E-state index is 0.00289. The third kappa shape index (κ3) is 5.77. The topological polar surface area (TPSA) is 34.0 Å². The molecule has 0 aliphatic heterocycles. The van der Waals surface area contributed by atoms with Crippen molar-refractivity contribution in [1.29, 1.82) is 0 Å². The largest absolute Gasteiger partial charge is 0.356 e. The maximum atomic E-state index is 13.0. The van der Waals surface area contributed by atoms with Crippen LogP contribution in [0, 0.1) is 19.8 Å². The number of fused-ring (bicyclic) bond motifs is 1. The smallest absolute Gasteiger partial charge is 0.220 e. The maximum Gasteiger partial charge on any atom is 0.220 e. The number of rotatable bonds is 9. The van der Waals surface area contributed by atoms with Crippen molar-refractivity contribution in [2.24, 2.45) is 5.92 Å². The summed E-state index contributed by atoms with van der Waals surface area (Å²) < 4.78 is 2.33. The van der Waals surface area contributed by atoms with Crippen molar-refractivity contribution >= 4 is 16.8 Å². The van der Waals surface area contributed by atoms with Crippen molar-refractivity contribution < 1.29 is 4.79 Å². The first-order valence-electron chi connectivity index (χ1n) is 12.4. The van der Waals surface area contributed by atoms with Gasteiger partial charge in [0.25, 0.3) is 0 Å². The van der Waals surface area contributed by atoms with E-state index in [-0.39, 0.29) is 11.8 Å². The highest BCUT2D eigenvalue weighted by molar-refractivity contribution is 5.86. The number of aromatic nitrogens is 1. The molecule has 1 heterocycles. The number of nitrogens with one attached hydrogen (secondary N) is 1. The molecule has 0 aliphatic rings. The molecule has 3 nitrogen and oxygen atoms in total. The number of carbonyl (C=O) groups is 1. The Morgan fingerprint density at radius 3 is 2.41 bits per heavy atom. The Kier molecular flexibility index (Phi) is 7.52. The van der Waals surface area contributed by atoms with Gasteiger partial charge in [0.2, 0.25) is 5.91 Å². The monoisotopic (exact) mass is 452 g/mol. The number of para-hydroxylation sites is 1. The zero-order valence-electron chi connectivity index (χ0n) is 20.8. The van der Waals surface area contributed by atoms with Crippen LogP contribution < -0.4 is 5.32 Å². The Bertz CT molecular complexity index is 1250. The van der Waals surface area contributed by atoms with E-state index >= 15 is 0 Å². The molecule has 1 atom stereocenters. The van der Waals surface area contributed by atoms with E-state index in [4.69, 9.17) is 0 Å². The molecule has 0 bridgehead atoms. The predicted octanol–water partition coefficient (Wildman–Crippen LogP) is 6.99. The van der Waals surface area contributed by atoms with Crippen molar-refractivity contribution in [3.63, 3.8) is 0 Å². The highest BCUT2D eigenvalue weighted by atomic mass is 16.1. The molecule has 1 aromatic heterocycles. The first-order chi connectivity index (χ1) is 16.4. The Balaban J connectivity index is 1.71. The Labute approximate surface area is 203 Å². The first-order valence-corrected chi connectivity index (χ1v) is 12.4. The number of nitrogens with zero attached hydrogens (tertiary/aromatic N) is 1. The molecule has 34 heavy (non-hydrogen) atoms. The lowest BCUT2D eigenvalue weighted by atomic mass is 9.87. The van der Waals surface area contributed by atoms with E-state index in [0.717, 1.165) is 19.5 Å². The molecule has 0 spiro atoms. The van der Waals surface area contributed by atoms with E-state index in [2.05, 4.69) is 117 Å². The average Bonchev–Trinajstić information content (AvgIpc) is 3.17. The summed E-state index contributed by atoms with van der Waals surface area (Å²) in [4.78, 5) is 13.0. The number of hydrogen-bond donors (Lipinski definition) is 1. The predicted molar refractivity (Wildman–Crippen MR) is 142 cm³/mol. The quantitative estimate of drug-likeness (QED) is 0.292. The van der Waals surface area contributed by atoms with Gasteiger partial charge in [0.15, 0.2) is 0 Å². The summed E-state index contributed by atoms with van der Waals surface area (Å²) in [7, 11) is 0.